The molecule has 0 bridgehead atoms. The lowest BCUT2D eigenvalue weighted by molar-refractivity contribution is -0.140. The molecule has 1 aromatic rings. The average molecular weight is 424 g/mol. The molecule has 0 aromatic heterocycles. The van der Waals surface area contributed by atoms with Gasteiger partial charge in [-0.3, -0.25) is 9.69 Å². The van der Waals surface area contributed by atoms with Crippen LogP contribution in [0.1, 0.15) is 25.3 Å². The van der Waals surface area contributed by atoms with Crippen molar-refractivity contribution in [2.24, 2.45) is 5.92 Å². The molecule has 2 fully saturated rings. The molecule has 1 amide bonds. The second-order valence-electron chi connectivity index (χ2n) is 8.17. The summed E-state index contributed by atoms with van der Waals surface area (Å²) in [6.07, 6.45) is 2.68. The summed E-state index contributed by atoms with van der Waals surface area (Å²) in [6.45, 7) is 7.43. The quantitative estimate of drug-likeness (QED) is 0.663. The first-order valence-electron chi connectivity index (χ1n) is 10.4. The van der Waals surface area contributed by atoms with Crippen LogP contribution in [0, 0.1) is 5.92 Å². The van der Waals surface area contributed by atoms with Crippen LogP contribution in [0.15, 0.2) is 30.3 Å². The Morgan fingerprint density at radius 3 is 2.55 bits per heavy atom. The van der Waals surface area contributed by atoms with Crippen LogP contribution in [0.4, 0.5) is 0 Å². The lowest BCUT2D eigenvalue weighted by Crippen LogP contribution is -2.52. The lowest BCUT2D eigenvalue weighted by Gasteiger charge is -2.38. The minimum absolute atomic E-state index is 0.0365. The van der Waals surface area contributed by atoms with E-state index in [4.69, 9.17) is 4.74 Å². The number of ether oxygens (including phenoxy) is 1. The van der Waals surface area contributed by atoms with E-state index in [0.717, 1.165) is 51.3 Å². The van der Waals surface area contributed by atoms with E-state index >= 15 is 0 Å². The van der Waals surface area contributed by atoms with Gasteiger partial charge in [0.05, 0.1) is 25.4 Å². The standard InChI is InChI=1S/C21H33N3O4S/c1-18(15-22-11-13-28-14-12-22)24(16-19-7-4-3-5-8-19)21(25)20-9-6-10-23(17-20)29(2,26)27/h3-5,7-8,18,20H,6,9-17H2,1-2H3. The molecule has 1 aromatic carbocycles. The Morgan fingerprint density at radius 1 is 1.21 bits per heavy atom. The van der Waals surface area contributed by atoms with Gasteiger partial charge in [-0.25, -0.2) is 12.7 Å². The maximum Gasteiger partial charge on any atom is 0.227 e. The molecule has 2 heterocycles. The Bertz CT molecular complexity index is 765. The zero-order chi connectivity index (χ0) is 20.9. The van der Waals surface area contributed by atoms with Crippen molar-refractivity contribution in [1.82, 2.24) is 14.1 Å². The van der Waals surface area contributed by atoms with Crippen LogP contribution in [0.5, 0.6) is 0 Å². The van der Waals surface area contributed by atoms with Crippen LogP contribution in [0.25, 0.3) is 0 Å². The van der Waals surface area contributed by atoms with Gasteiger partial charge in [-0.2, -0.15) is 0 Å². The molecule has 2 aliphatic heterocycles. The smallest absolute Gasteiger partial charge is 0.227 e. The van der Waals surface area contributed by atoms with Crippen LogP contribution < -0.4 is 0 Å². The molecule has 2 aliphatic rings. The minimum atomic E-state index is -3.28. The molecule has 0 N–H and O–H groups in total. The molecule has 3 rings (SSSR count). The monoisotopic (exact) mass is 423 g/mol. The van der Waals surface area contributed by atoms with Crippen molar-refractivity contribution in [3.05, 3.63) is 35.9 Å². The molecule has 2 atom stereocenters. The van der Waals surface area contributed by atoms with Gasteiger partial charge in [-0.05, 0) is 25.3 Å². The van der Waals surface area contributed by atoms with Crippen molar-refractivity contribution in [3.8, 4) is 0 Å². The first-order chi connectivity index (χ1) is 13.8. The number of hydrogen-bond donors (Lipinski definition) is 0. The van der Waals surface area contributed by atoms with Gasteiger partial charge in [0, 0.05) is 45.3 Å². The second-order valence-corrected chi connectivity index (χ2v) is 10.2. The summed E-state index contributed by atoms with van der Waals surface area (Å²) in [5.41, 5.74) is 1.09. The molecule has 0 radical (unpaired) electrons. The lowest BCUT2D eigenvalue weighted by atomic mass is 9.97. The van der Waals surface area contributed by atoms with E-state index in [9.17, 15) is 13.2 Å². The van der Waals surface area contributed by atoms with Gasteiger partial charge in [-0.15, -0.1) is 0 Å². The number of sulfonamides is 1. The number of hydrogen-bond acceptors (Lipinski definition) is 5. The van der Waals surface area contributed by atoms with Crippen LogP contribution in [0.2, 0.25) is 0 Å². The topological polar surface area (TPSA) is 70.2 Å². The van der Waals surface area contributed by atoms with Gasteiger partial charge in [0.1, 0.15) is 0 Å². The van der Waals surface area contributed by atoms with E-state index in [-0.39, 0.29) is 24.4 Å². The highest BCUT2D eigenvalue weighted by Crippen LogP contribution is 2.23. The van der Waals surface area contributed by atoms with Gasteiger partial charge in [0.15, 0.2) is 0 Å². The van der Waals surface area contributed by atoms with E-state index in [1.165, 1.54) is 10.6 Å². The largest absolute Gasteiger partial charge is 0.379 e. The minimum Gasteiger partial charge on any atom is -0.379 e. The van der Waals surface area contributed by atoms with E-state index < -0.39 is 10.0 Å². The van der Waals surface area contributed by atoms with E-state index in [2.05, 4.69) is 11.8 Å². The molecule has 2 saturated heterocycles. The summed E-state index contributed by atoms with van der Waals surface area (Å²) in [4.78, 5) is 17.8. The third kappa shape index (κ3) is 6.25. The molecule has 0 aliphatic carbocycles. The highest BCUT2D eigenvalue weighted by molar-refractivity contribution is 7.88. The molecular formula is C21H33N3O4S. The summed E-state index contributed by atoms with van der Waals surface area (Å²) in [6, 6.07) is 10.0. The third-order valence-corrected chi connectivity index (χ3v) is 7.11. The Balaban J connectivity index is 1.74. The summed E-state index contributed by atoms with van der Waals surface area (Å²) in [5.74, 6) is -0.225. The number of rotatable bonds is 7. The Labute approximate surface area is 174 Å². The van der Waals surface area contributed by atoms with Crippen LogP contribution >= 0.6 is 0 Å². The summed E-state index contributed by atoms with van der Waals surface area (Å²) < 4.78 is 30.9. The van der Waals surface area contributed by atoms with Crippen LogP contribution in [-0.2, 0) is 26.1 Å². The summed E-state index contributed by atoms with van der Waals surface area (Å²) >= 11 is 0. The van der Waals surface area contributed by atoms with E-state index in [1.54, 1.807) is 0 Å². The van der Waals surface area contributed by atoms with Gasteiger partial charge in [0.25, 0.3) is 0 Å². The van der Waals surface area contributed by atoms with E-state index in [1.807, 2.05) is 35.2 Å². The van der Waals surface area contributed by atoms with Crippen LogP contribution in [0.3, 0.4) is 0 Å². The average Bonchev–Trinajstić information content (AvgIpc) is 2.72. The molecule has 0 saturated carbocycles. The number of carbonyl (C=O) groups excluding carboxylic acids is 1. The predicted molar refractivity (Wildman–Crippen MR) is 113 cm³/mol. The van der Waals surface area contributed by atoms with Crippen molar-refractivity contribution in [2.45, 2.75) is 32.4 Å². The van der Waals surface area contributed by atoms with Crippen molar-refractivity contribution in [1.29, 1.82) is 0 Å². The van der Waals surface area contributed by atoms with E-state index in [0.29, 0.717) is 13.1 Å². The normalized spacial score (nSPS) is 22.9. The number of piperidine rings is 1. The molecule has 8 heteroatoms. The number of amides is 1. The molecule has 2 unspecified atom stereocenters. The Morgan fingerprint density at radius 2 is 1.90 bits per heavy atom. The highest BCUT2D eigenvalue weighted by atomic mass is 32.2. The summed E-state index contributed by atoms with van der Waals surface area (Å²) in [7, 11) is -3.28. The second kappa shape index (κ2) is 10.0. The number of carbonyl (C=O) groups is 1. The fourth-order valence-electron chi connectivity index (χ4n) is 4.17. The zero-order valence-electron chi connectivity index (χ0n) is 17.5. The molecule has 0 spiro atoms. The Kier molecular flexibility index (Phi) is 7.67. The first kappa shape index (κ1) is 22.2. The fraction of sp³-hybridized carbons (Fsp3) is 0.667. The summed E-state index contributed by atoms with van der Waals surface area (Å²) in [5, 5.41) is 0. The van der Waals surface area contributed by atoms with Gasteiger partial charge >= 0.3 is 0 Å². The SMILES string of the molecule is CC(CN1CCOCC1)N(Cc1ccccc1)C(=O)C1CCCN(S(C)(=O)=O)C1. The van der Waals surface area contributed by atoms with Gasteiger partial charge in [-0.1, -0.05) is 30.3 Å². The number of morpholine rings is 1. The molecule has 29 heavy (non-hydrogen) atoms. The molecule has 162 valence electrons. The maximum absolute atomic E-state index is 13.5. The van der Waals surface area contributed by atoms with Gasteiger partial charge in [0.2, 0.25) is 15.9 Å². The fourth-order valence-corrected chi connectivity index (χ4v) is 5.08. The highest BCUT2D eigenvalue weighted by Gasteiger charge is 2.34. The third-order valence-electron chi connectivity index (χ3n) is 5.84. The van der Waals surface area contributed by atoms with Crippen molar-refractivity contribution in [2.75, 3.05) is 52.2 Å². The first-order valence-corrected chi connectivity index (χ1v) is 12.3. The zero-order valence-corrected chi connectivity index (χ0v) is 18.3. The van der Waals surface area contributed by atoms with Crippen LogP contribution in [-0.4, -0.2) is 86.7 Å². The maximum atomic E-state index is 13.5. The molecular weight excluding hydrogens is 390 g/mol. The Hall–Kier alpha value is -1.48. The predicted octanol–water partition coefficient (Wildman–Crippen LogP) is 1.41. The van der Waals surface area contributed by atoms with Crippen molar-refractivity contribution < 1.29 is 17.9 Å². The number of benzene rings is 1. The molecule has 7 nitrogen and oxygen atoms in total. The van der Waals surface area contributed by atoms with Gasteiger partial charge < -0.3 is 9.64 Å². The van der Waals surface area contributed by atoms with Crippen molar-refractivity contribution >= 4 is 15.9 Å². The van der Waals surface area contributed by atoms with Crippen molar-refractivity contribution in [3.63, 3.8) is 0 Å². The number of nitrogens with zero attached hydrogens (tertiary/aromatic N) is 3.